The zero-order valence-corrected chi connectivity index (χ0v) is 8.00. The van der Waals surface area contributed by atoms with E-state index in [1.807, 2.05) is 12.3 Å². The highest BCUT2D eigenvalue weighted by Crippen LogP contribution is 2.28. The fourth-order valence-corrected chi connectivity index (χ4v) is 1.37. The molecule has 1 aromatic rings. The first kappa shape index (κ1) is 8.35. The minimum Gasteiger partial charge on any atom is -0.489 e. The van der Waals surface area contributed by atoms with Crippen LogP contribution in [-0.2, 0) is 0 Å². The Morgan fingerprint density at radius 1 is 1.54 bits per heavy atom. The van der Waals surface area contributed by atoms with Crippen molar-refractivity contribution in [2.45, 2.75) is 19.8 Å². The van der Waals surface area contributed by atoms with Crippen LogP contribution in [0.1, 0.15) is 25.5 Å². The van der Waals surface area contributed by atoms with Crippen molar-refractivity contribution in [3.8, 4) is 5.75 Å². The van der Waals surface area contributed by atoms with Crippen LogP contribution in [0, 0.1) is 0 Å². The van der Waals surface area contributed by atoms with Crippen LogP contribution < -0.4 is 10.1 Å². The van der Waals surface area contributed by atoms with Crippen LogP contribution in [0.3, 0.4) is 0 Å². The Morgan fingerprint density at radius 2 is 2.38 bits per heavy atom. The van der Waals surface area contributed by atoms with E-state index in [1.165, 1.54) is 0 Å². The quantitative estimate of drug-likeness (QED) is 0.714. The third-order valence-corrected chi connectivity index (χ3v) is 2.15. The Labute approximate surface area is 78.1 Å². The molecule has 1 aliphatic heterocycles. The normalized spacial score (nSPS) is 14.7. The second-order valence-electron chi connectivity index (χ2n) is 3.54. The van der Waals surface area contributed by atoms with Gasteiger partial charge in [0.2, 0.25) is 0 Å². The summed E-state index contributed by atoms with van der Waals surface area (Å²) in [6.45, 7) is 5.88. The van der Waals surface area contributed by atoms with Gasteiger partial charge >= 0.3 is 0 Å². The molecule has 3 nitrogen and oxygen atoms in total. The summed E-state index contributed by atoms with van der Waals surface area (Å²) in [5.41, 5.74) is 2.10. The van der Waals surface area contributed by atoms with Gasteiger partial charge in [-0.1, -0.05) is 13.8 Å². The number of fused-ring (bicyclic) bond motifs is 1. The number of nitrogens with one attached hydrogen (secondary N) is 1. The van der Waals surface area contributed by atoms with Crippen molar-refractivity contribution in [2.75, 3.05) is 18.5 Å². The second kappa shape index (κ2) is 3.24. The number of ether oxygens (including phenoxy) is 1. The van der Waals surface area contributed by atoms with Gasteiger partial charge in [0.25, 0.3) is 0 Å². The Hall–Kier alpha value is -1.25. The van der Waals surface area contributed by atoms with E-state index < -0.39 is 0 Å². The molecule has 0 aliphatic carbocycles. The standard InChI is InChI=1S/C10H14N2O/c1-7(2)8-5-10-9(6-12-8)11-3-4-13-10/h5-7,11H,3-4H2,1-2H3. The largest absolute Gasteiger partial charge is 0.489 e. The molecule has 1 N–H and O–H groups in total. The summed E-state index contributed by atoms with van der Waals surface area (Å²) < 4.78 is 5.51. The minimum atomic E-state index is 0.454. The lowest BCUT2D eigenvalue weighted by molar-refractivity contribution is 0.322. The molecule has 3 heteroatoms. The van der Waals surface area contributed by atoms with Crippen molar-refractivity contribution in [1.29, 1.82) is 0 Å². The van der Waals surface area contributed by atoms with Crippen LogP contribution in [-0.4, -0.2) is 18.1 Å². The number of rotatable bonds is 1. The Balaban J connectivity index is 2.35. The van der Waals surface area contributed by atoms with Gasteiger partial charge in [-0.3, -0.25) is 4.98 Å². The molecular formula is C10H14N2O. The number of aromatic nitrogens is 1. The molecule has 0 fully saturated rings. The van der Waals surface area contributed by atoms with Crippen molar-refractivity contribution in [3.63, 3.8) is 0 Å². The van der Waals surface area contributed by atoms with E-state index in [9.17, 15) is 0 Å². The summed E-state index contributed by atoms with van der Waals surface area (Å²) in [6.07, 6.45) is 1.85. The van der Waals surface area contributed by atoms with Crippen LogP contribution in [0.4, 0.5) is 5.69 Å². The lowest BCUT2D eigenvalue weighted by Crippen LogP contribution is -2.18. The number of hydrogen-bond acceptors (Lipinski definition) is 3. The molecule has 0 aromatic carbocycles. The van der Waals surface area contributed by atoms with Crippen LogP contribution in [0.5, 0.6) is 5.75 Å². The number of anilines is 1. The smallest absolute Gasteiger partial charge is 0.145 e. The first-order valence-corrected chi connectivity index (χ1v) is 4.64. The molecular weight excluding hydrogens is 164 g/mol. The zero-order chi connectivity index (χ0) is 9.26. The molecule has 0 saturated heterocycles. The second-order valence-corrected chi connectivity index (χ2v) is 3.54. The van der Waals surface area contributed by atoms with Gasteiger partial charge in [-0.2, -0.15) is 0 Å². The first-order valence-electron chi connectivity index (χ1n) is 4.64. The van der Waals surface area contributed by atoms with Crippen molar-refractivity contribution >= 4 is 5.69 Å². The number of nitrogens with zero attached hydrogens (tertiary/aromatic N) is 1. The van der Waals surface area contributed by atoms with E-state index in [2.05, 4.69) is 24.1 Å². The molecule has 0 bridgehead atoms. The van der Waals surface area contributed by atoms with Gasteiger partial charge < -0.3 is 10.1 Å². The van der Waals surface area contributed by atoms with Crippen LogP contribution in [0.2, 0.25) is 0 Å². The highest BCUT2D eigenvalue weighted by atomic mass is 16.5. The van der Waals surface area contributed by atoms with Gasteiger partial charge in [0, 0.05) is 18.3 Å². The third kappa shape index (κ3) is 1.59. The van der Waals surface area contributed by atoms with E-state index in [0.717, 1.165) is 30.3 Å². The fourth-order valence-electron chi connectivity index (χ4n) is 1.37. The van der Waals surface area contributed by atoms with Crippen molar-refractivity contribution in [1.82, 2.24) is 4.98 Å². The summed E-state index contributed by atoms with van der Waals surface area (Å²) in [4.78, 5) is 4.35. The Bertz CT molecular complexity index is 310. The molecule has 0 atom stereocenters. The molecule has 70 valence electrons. The molecule has 2 rings (SSSR count). The lowest BCUT2D eigenvalue weighted by atomic mass is 10.1. The highest BCUT2D eigenvalue weighted by molar-refractivity contribution is 5.56. The molecule has 2 heterocycles. The third-order valence-electron chi connectivity index (χ3n) is 2.15. The number of pyridine rings is 1. The van der Waals surface area contributed by atoms with E-state index in [4.69, 9.17) is 4.74 Å². The maximum absolute atomic E-state index is 5.51. The minimum absolute atomic E-state index is 0.454. The predicted octanol–water partition coefficient (Wildman–Crippen LogP) is 2.01. The number of hydrogen-bond donors (Lipinski definition) is 1. The molecule has 0 amide bonds. The van der Waals surface area contributed by atoms with Gasteiger partial charge in [0.05, 0.1) is 11.9 Å². The molecule has 0 radical (unpaired) electrons. The van der Waals surface area contributed by atoms with Crippen molar-refractivity contribution < 1.29 is 4.74 Å². The van der Waals surface area contributed by atoms with Gasteiger partial charge in [-0.25, -0.2) is 0 Å². The van der Waals surface area contributed by atoms with Gasteiger partial charge in [-0.05, 0) is 5.92 Å². The van der Waals surface area contributed by atoms with Crippen LogP contribution in [0.15, 0.2) is 12.3 Å². The summed E-state index contributed by atoms with van der Waals surface area (Å²) in [5.74, 6) is 1.39. The summed E-state index contributed by atoms with van der Waals surface area (Å²) in [5, 5.41) is 3.24. The molecule has 1 aromatic heterocycles. The molecule has 13 heavy (non-hydrogen) atoms. The highest BCUT2D eigenvalue weighted by Gasteiger charge is 2.11. The monoisotopic (exact) mass is 178 g/mol. The zero-order valence-electron chi connectivity index (χ0n) is 8.00. The lowest BCUT2D eigenvalue weighted by Gasteiger charge is -2.19. The van der Waals surface area contributed by atoms with Crippen molar-refractivity contribution in [2.24, 2.45) is 0 Å². The Morgan fingerprint density at radius 3 is 3.15 bits per heavy atom. The van der Waals surface area contributed by atoms with Gasteiger partial charge in [0.1, 0.15) is 12.4 Å². The van der Waals surface area contributed by atoms with E-state index in [-0.39, 0.29) is 0 Å². The molecule has 1 aliphatic rings. The maximum atomic E-state index is 5.51. The summed E-state index contributed by atoms with van der Waals surface area (Å²) in [6, 6.07) is 2.02. The summed E-state index contributed by atoms with van der Waals surface area (Å²) >= 11 is 0. The average Bonchev–Trinajstić information content (AvgIpc) is 2.17. The average molecular weight is 178 g/mol. The van der Waals surface area contributed by atoms with E-state index in [1.54, 1.807) is 0 Å². The SMILES string of the molecule is CC(C)c1cc2c(cn1)NCCO2. The fraction of sp³-hybridized carbons (Fsp3) is 0.500. The molecule has 0 unspecified atom stereocenters. The Kier molecular flexibility index (Phi) is 2.08. The van der Waals surface area contributed by atoms with E-state index in [0.29, 0.717) is 5.92 Å². The first-order chi connectivity index (χ1) is 6.27. The van der Waals surface area contributed by atoms with Crippen LogP contribution in [0.25, 0.3) is 0 Å². The topological polar surface area (TPSA) is 34.2 Å². The van der Waals surface area contributed by atoms with Crippen molar-refractivity contribution in [3.05, 3.63) is 18.0 Å². The van der Waals surface area contributed by atoms with Gasteiger partial charge in [-0.15, -0.1) is 0 Å². The maximum Gasteiger partial charge on any atom is 0.145 e. The van der Waals surface area contributed by atoms with Crippen LogP contribution >= 0.6 is 0 Å². The predicted molar refractivity (Wildman–Crippen MR) is 52.3 cm³/mol. The molecule has 0 saturated carbocycles. The van der Waals surface area contributed by atoms with Gasteiger partial charge in [0.15, 0.2) is 0 Å². The van der Waals surface area contributed by atoms with E-state index >= 15 is 0 Å². The summed E-state index contributed by atoms with van der Waals surface area (Å²) in [7, 11) is 0. The molecule has 0 spiro atoms.